The fourth-order valence-electron chi connectivity index (χ4n) is 2.62. The van der Waals surface area contributed by atoms with Gasteiger partial charge < -0.3 is 10.1 Å². The number of hydrogen-bond donors (Lipinski definition) is 1. The van der Waals surface area contributed by atoms with Crippen LogP contribution in [0.2, 0.25) is 0 Å². The minimum absolute atomic E-state index is 0.00963. The molecule has 0 bridgehead atoms. The molecule has 0 spiro atoms. The molecule has 0 unspecified atom stereocenters. The van der Waals surface area contributed by atoms with Crippen LogP contribution in [0.4, 0.5) is 5.69 Å². The number of hydrogen-bond acceptors (Lipinski definition) is 4. The lowest BCUT2D eigenvalue weighted by Crippen LogP contribution is -2.14. The van der Waals surface area contributed by atoms with Gasteiger partial charge in [-0.1, -0.05) is 24.3 Å². The molecule has 27 heavy (non-hydrogen) atoms. The number of carbonyl (C=O) groups excluding carboxylic acids is 1. The molecule has 0 aliphatic rings. The smallest absolute Gasteiger partial charge is 0.234 e. The molecule has 1 aromatic heterocycles. The quantitative estimate of drug-likeness (QED) is 0.625. The summed E-state index contributed by atoms with van der Waals surface area (Å²) >= 11 is 1.59. The standard InChI is InChI=1S/C22H22N2O2S/c1-26-21-8-4-19(5-9-21)15-27-16-22(25)24-20-6-2-17(3-7-20)14-18-10-12-23-13-11-18/h2-13H,14-16H2,1H3,(H,24,25). The lowest BCUT2D eigenvalue weighted by atomic mass is 10.1. The van der Waals surface area contributed by atoms with Gasteiger partial charge in [0.15, 0.2) is 0 Å². The molecular formula is C22H22N2O2S. The molecule has 0 aliphatic heterocycles. The van der Waals surface area contributed by atoms with Gasteiger partial charge in [0.1, 0.15) is 5.75 Å². The molecule has 0 saturated heterocycles. The zero-order valence-corrected chi connectivity index (χ0v) is 16.0. The zero-order valence-electron chi connectivity index (χ0n) is 15.2. The average molecular weight is 378 g/mol. The van der Waals surface area contributed by atoms with Gasteiger partial charge in [0.05, 0.1) is 12.9 Å². The third kappa shape index (κ3) is 6.15. The van der Waals surface area contributed by atoms with Crippen LogP contribution < -0.4 is 10.1 Å². The number of rotatable bonds is 8. The van der Waals surface area contributed by atoms with Crippen LogP contribution in [-0.4, -0.2) is 23.8 Å². The molecule has 3 aromatic rings. The molecular weight excluding hydrogens is 356 g/mol. The van der Waals surface area contributed by atoms with E-state index < -0.39 is 0 Å². The Morgan fingerprint density at radius 1 is 0.926 bits per heavy atom. The summed E-state index contributed by atoms with van der Waals surface area (Å²) in [6, 6.07) is 19.9. The summed E-state index contributed by atoms with van der Waals surface area (Å²) < 4.78 is 5.15. The van der Waals surface area contributed by atoms with Gasteiger partial charge >= 0.3 is 0 Å². The molecule has 1 N–H and O–H groups in total. The Hall–Kier alpha value is -2.79. The average Bonchev–Trinajstić information content (AvgIpc) is 2.71. The summed E-state index contributed by atoms with van der Waals surface area (Å²) in [4.78, 5) is 16.2. The molecule has 0 saturated carbocycles. The van der Waals surface area contributed by atoms with Gasteiger partial charge in [-0.3, -0.25) is 9.78 Å². The highest BCUT2D eigenvalue weighted by Crippen LogP contribution is 2.17. The van der Waals surface area contributed by atoms with Crippen molar-refractivity contribution in [3.63, 3.8) is 0 Å². The Kier molecular flexibility index (Phi) is 6.88. The highest BCUT2D eigenvalue weighted by atomic mass is 32.2. The van der Waals surface area contributed by atoms with E-state index in [9.17, 15) is 4.79 Å². The van der Waals surface area contributed by atoms with Crippen LogP contribution in [0.1, 0.15) is 16.7 Å². The van der Waals surface area contributed by atoms with E-state index in [2.05, 4.69) is 10.3 Å². The number of nitrogens with zero attached hydrogens (tertiary/aromatic N) is 1. The molecule has 0 fully saturated rings. The number of anilines is 1. The Balaban J connectivity index is 1.43. The maximum absolute atomic E-state index is 12.1. The summed E-state index contributed by atoms with van der Waals surface area (Å²) in [5, 5.41) is 2.95. The Labute approximate surface area is 164 Å². The van der Waals surface area contributed by atoms with Crippen molar-refractivity contribution in [2.75, 3.05) is 18.2 Å². The fraction of sp³-hybridized carbons (Fsp3) is 0.182. The predicted octanol–water partition coefficient (Wildman–Crippen LogP) is 4.55. The summed E-state index contributed by atoms with van der Waals surface area (Å²) in [6.45, 7) is 0. The van der Waals surface area contributed by atoms with E-state index in [1.807, 2.05) is 60.7 Å². The van der Waals surface area contributed by atoms with E-state index in [1.54, 1.807) is 31.3 Å². The van der Waals surface area contributed by atoms with Gasteiger partial charge in [0.2, 0.25) is 5.91 Å². The summed E-state index contributed by atoms with van der Waals surface area (Å²) in [5.41, 5.74) is 4.42. The lowest BCUT2D eigenvalue weighted by Gasteiger charge is -2.07. The Bertz CT molecular complexity index is 850. The third-order valence-corrected chi connectivity index (χ3v) is 5.06. The molecule has 4 nitrogen and oxygen atoms in total. The normalized spacial score (nSPS) is 10.4. The largest absolute Gasteiger partial charge is 0.497 e. The van der Waals surface area contributed by atoms with Gasteiger partial charge in [0.25, 0.3) is 0 Å². The second-order valence-corrected chi connectivity index (χ2v) is 7.10. The van der Waals surface area contributed by atoms with E-state index in [0.29, 0.717) is 5.75 Å². The van der Waals surface area contributed by atoms with Crippen LogP contribution in [-0.2, 0) is 17.0 Å². The van der Waals surface area contributed by atoms with Crippen LogP contribution in [0.15, 0.2) is 73.1 Å². The molecule has 0 aliphatic carbocycles. The van der Waals surface area contributed by atoms with Crippen molar-refractivity contribution in [2.45, 2.75) is 12.2 Å². The van der Waals surface area contributed by atoms with Crippen molar-refractivity contribution >= 4 is 23.4 Å². The monoisotopic (exact) mass is 378 g/mol. The lowest BCUT2D eigenvalue weighted by molar-refractivity contribution is -0.113. The van der Waals surface area contributed by atoms with E-state index >= 15 is 0 Å². The molecule has 1 heterocycles. The fourth-order valence-corrected chi connectivity index (χ4v) is 3.41. The van der Waals surface area contributed by atoms with E-state index in [4.69, 9.17) is 4.74 Å². The molecule has 0 radical (unpaired) electrons. The van der Waals surface area contributed by atoms with Crippen molar-refractivity contribution in [3.05, 3.63) is 89.7 Å². The Morgan fingerprint density at radius 3 is 2.22 bits per heavy atom. The second-order valence-electron chi connectivity index (χ2n) is 6.12. The first-order chi connectivity index (χ1) is 13.2. The first kappa shape index (κ1) is 19.0. The van der Waals surface area contributed by atoms with E-state index in [0.717, 1.165) is 23.6 Å². The van der Waals surface area contributed by atoms with Gasteiger partial charge in [0, 0.05) is 23.8 Å². The van der Waals surface area contributed by atoms with Crippen LogP contribution in [0.25, 0.3) is 0 Å². The van der Waals surface area contributed by atoms with Crippen molar-refractivity contribution < 1.29 is 9.53 Å². The summed E-state index contributed by atoms with van der Waals surface area (Å²) in [6.07, 6.45) is 4.45. The molecule has 2 aromatic carbocycles. The minimum atomic E-state index is 0.00963. The number of thioether (sulfide) groups is 1. The molecule has 0 atom stereocenters. The van der Waals surface area contributed by atoms with E-state index in [1.165, 1.54) is 16.7 Å². The first-order valence-electron chi connectivity index (χ1n) is 8.71. The third-order valence-electron chi connectivity index (χ3n) is 4.06. The number of methoxy groups -OCH3 is 1. The van der Waals surface area contributed by atoms with Gasteiger partial charge in [-0.05, 0) is 59.5 Å². The number of amides is 1. The van der Waals surface area contributed by atoms with Crippen LogP contribution in [0.5, 0.6) is 5.75 Å². The minimum Gasteiger partial charge on any atom is -0.497 e. The van der Waals surface area contributed by atoms with Crippen LogP contribution >= 0.6 is 11.8 Å². The highest BCUT2D eigenvalue weighted by molar-refractivity contribution is 7.99. The molecule has 1 amide bonds. The van der Waals surface area contributed by atoms with E-state index in [-0.39, 0.29) is 5.91 Å². The van der Waals surface area contributed by atoms with Crippen molar-refractivity contribution in [1.29, 1.82) is 0 Å². The second kappa shape index (κ2) is 9.78. The predicted molar refractivity (Wildman–Crippen MR) is 111 cm³/mol. The van der Waals surface area contributed by atoms with Gasteiger partial charge in [-0.25, -0.2) is 0 Å². The van der Waals surface area contributed by atoms with Crippen molar-refractivity contribution in [2.24, 2.45) is 0 Å². The SMILES string of the molecule is COc1ccc(CSCC(=O)Nc2ccc(Cc3ccncc3)cc2)cc1. The first-order valence-corrected chi connectivity index (χ1v) is 9.87. The number of aromatic nitrogens is 1. The van der Waals surface area contributed by atoms with Crippen LogP contribution in [0.3, 0.4) is 0 Å². The van der Waals surface area contributed by atoms with Crippen molar-refractivity contribution in [3.8, 4) is 5.75 Å². The number of pyridine rings is 1. The van der Waals surface area contributed by atoms with Gasteiger partial charge in [-0.2, -0.15) is 0 Å². The Morgan fingerprint density at radius 2 is 1.56 bits per heavy atom. The maximum atomic E-state index is 12.1. The zero-order chi connectivity index (χ0) is 18.9. The number of benzene rings is 2. The van der Waals surface area contributed by atoms with Crippen molar-refractivity contribution in [1.82, 2.24) is 4.98 Å². The van der Waals surface area contributed by atoms with Crippen LogP contribution in [0, 0.1) is 0 Å². The molecule has 5 heteroatoms. The number of nitrogens with one attached hydrogen (secondary N) is 1. The molecule has 138 valence electrons. The molecule has 3 rings (SSSR count). The number of carbonyl (C=O) groups is 1. The van der Waals surface area contributed by atoms with Gasteiger partial charge in [-0.15, -0.1) is 11.8 Å². The summed E-state index contributed by atoms with van der Waals surface area (Å²) in [7, 11) is 1.65. The number of ether oxygens (including phenoxy) is 1. The summed E-state index contributed by atoms with van der Waals surface area (Å²) in [5.74, 6) is 2.07. The maximum Gasteiger partial charge on any atom is 0.234 e. The topological polar surface area (TPSA) is 51.2 Å². The highest BCUT2D eigenvalue weighted by Gasteiger charge is 2.04.